The Morgan fingerprint density at radius 3 is 2.59 bits per heavy atom. The van der Waals surface area contributed by atoms with Gasteiger partial charge in [0.25, 0.3) is 0 Å². The molecule has 2 aliphatic carbocycles. The zero-order valence-electron chi connectivity index (χ0n) is 13.9. The molecule has 2 saturated carbocycles. The van der Waals surface area contributed by atoms with Gasteiger partial charge in [-0.2, -0.15) is 0 Å². The third kappa shape index (κ3) is 3.66. The van der Waals surface area contributed by atoms with Gasteiger partial charge < -0.3 is 14.4 Å². The molecule has 4 heteroatoms. The van der Waals surface area contributed by atoms with E-state index in [2.05, 4.69) is 9.80 Å². The maximum atomic E-state index is 6.18. The van der Waals surface area contributed by atoms with Crippen LogP contribution in [0.2, 0.25) is 0 Å². The number of fused-ring (bicyclic) bond motifs is 1. The summed E-state index contributed by atoms with van der Waals surface area (Å²) in [7, 11) is 0. The number of rotatable bonds is 6. The van der Waals surface area contributed by atoms with Crippen LogP contribution in [0.4, 0.5) is 0 Å². The molecule has 0 N–H and O–H groups in total. The Balaban J connectivity index is 1.26. The number of morpholine rings is 1. The fraction of sp³-hybridized carbons (Fsp3) is 1.00. The van der Waals surface area contributed by atoms with Gasteiger partial charge >= 0.3 is 0 Å². The number of ether oxygens (including phenoxy) is 2. The predicted octanol–water partition coefficient (Wildman–Crippen LogP) is 2.13. The summed E-state index contributed by atoms with van der Waals surface area (Å²) in [5.74, 6) is 0.859. The van der Waals surface area contributed by atoms with Crippen molar-refractivity contribution in [3.63, 3.8) is 0 Å². The molecule has 4 rings (SSSR count). The highest BCUT2D eigenvalue weighted by Crippen LogP contribution is 2.35. The molecule has 2 saturated heterocycles. The van der Waals surface area contributed by atoms with E-state index in [1.165, 1.54) is 71.1 Å². The molecule has 0 aromatic carbocycles. The Bertz CT molecular complexity index is 355. The summed E-state index contributed by atoms with van der Waals surface area (Å²) < 4.78 is 12.3. The maximum Gasteiger partial charge on any atom is 0.0991 e. The molecule has 4 aliphatic rings. The van der Waals surface area contributed by atoms with Gasteiger partial charge in [0, 0.05) is 32.3 Å². The van der Waals surface area contributed by atoms with E-state index in [1.807, 2.05) is 0 Å². The number of piperidine rings is 1. The average Bonchev–Trinajstić information content (AvgIpc) is 3.31. The van der Waals surface area contributed by atoms with Crippen LogP contribution in [0.3, 0.4) is 0 Å². The minimum absolute atomic E-state index is 0.342. The van der Waals surface area contributed by atoms with Crippen molar-refractivity contribution in [1.82, 2.24) is 9.80 Å². The summed E-state index contributed by atoms with van der Waals surface area (Å²) in [5, 5.41) is 0. The summed E-state index contributed by atoms with van der Waals surface area (Å²) in [4.78, 5) is 5.35. The molecule has 0 amide bonds. The Morgan fingerprint density at radius 1 is 0.909 bits per heavy atom. The topological polar surface area (TPSA) is 24.9 Å². The van der Waals surface area contributed by atoms with E-state index in [-0.39, 0.29) is 0 Å². The van der Waals surface area contributed by atoms with E-state index in [4.69, 9.17) is 9.47 Å². The molecule has 0 bridgehead atoms. The fourth-order valence-corrected chi connectivity index (χ4v) is 4.44. The molecule has 3 atom stereocenters. The van der Waals surface area contributed by atoms with Crippen LogP contribution in [0.5, 0.6) is 0 Å². The number of nitrogens with zero attached hydrogens (tertiary/aromatic N) is 2. The minimum Gasteiger partial charge on any atom is -0.375 e. The molecule has 2 aliphatic heterocycles. The molecule has 0 aromatic heterocycles. The van der Waals surface area contributed by atoms with Gasteiger partial charge in [0.05, 0.1) is 18.8 Å². The Kier molecular flexibility index (Phi) is 5.01. The van der Waals surface area contributed by atoms with Crippen molar-refractivity contribution in [1.29, 1.82) is 0 Å². The van der Waals surface area contributed by atoms with Crippen LogP contribution in [0, 0.1) is 5.92 Å². The van der Waals surface area contributed by atoms with E-state index in [0.717, 1.165) is 25.7 Å². The number of likely N-dealkylation sites (tertiary alicyclic amines) is 1. The van der Waals surface area contributed by atoms with E-state index in [9.17, 15) is 0 Å². The van der Waals surface area contributed by atoms with Gasteiger partial charge in [0.1, 0.15) is 0 Å². The van der Waals surface area contributed by atoms with Gasteiger partial charge in [-0.15, -0.1) is 0 Å². The molecule has 22 heavy (non-hydrogen) atoms. The van der Waals surface area contributed by atoms with Gasteiger partial charge in [0.2, 0.25) is 0 Å². The van der Waals surface area contributed by atoms with Gasteiger partial charge in [-0.25, -0.2) is 0 Å². The molecular weight excluding hydrogens is 276 g/mol. The fourth-order valence-electron chi connectivity index (χ4n) is 4.44. The molecule has 0 unspecified atom stereocenters. The SMILES string of the molecule is C1CCN(CCN2CCO[C@H]3[C@H]2CC[C@H]3OCC2CC2)CC1. The molecular formula is C18H32N2O2. The first-order valence-electron chi connectivity index (χ1n) is 9.60. The van der Waals surface area contributed by atoms with Crippen LogP contribution < -0.4 is 0 Å². The van der Waals surface area contributed by atoms with Gasteiger partial charge in [-0.05, 0) is 57.5 Å². The molecule has 0 aromatic rings. The van der Waals surface area contributed by atoms with Gasteiger partial charge in [0.15, 0.2) is 0 Å². The van der Waals surface area contributed by atoms with Crippen LogP contribution in [0.15, 0.2) is 0 Å². The second-order valence-corrected chi connectivity index (χ2v) is 7.73. The van der Waals surface area contributed by atoms with Crippen LogP contribution in [0.25, 0.3) is 0 Å². The quantitative estimate of drug-likeness (QED) is 0.750. The van der Waals surface area contributed by atoms with E-state index >= 15 is 0 Å². The van der Waals surface area contributed by atoms with Crippen molar-refractivity contribution >= 4 is 0 Å². The van der Waals surface area contributed by atoms with Crippen molar-refractivity contribution in [3.8, 4) is 0 Å². The second kappa shape index (κ2) is 7.16. The highest BCUT2D eigenvalue weighted by Gasteiger charge is 2.43. The number of hydrogen-bond acceptors (Lipinski definition) is 4. The van der Waals surface area contributed by atoms with Crippen LogP contribution in [0.1, 0.15) is 44.9 Å². The third-order valence-corrected chi connectivity index (χ3v) is 6.05. The van der Waals surface area contributed by atoms with Crippen molar-refractivity contribution < 1.29 is 9.47 Å². The zero-order valence-corrected chi connectivity index (χ0v) is 13.9. The van der Waals surface area contributed by atoms with Gasteiger partial charge in [-0.1, -0.05) is 6.42 Å². The van der Waals surface area contributed by atoms with Crippen LogP contribution >= 0.6 is 0 Å². The first-order valence-corrected chi connectivity index (χ1v) is 9.60. The van der Waals surface area contributed by atoms with Crippen molar-refractivity contribution in [2.45, 2.75) is 63.2 Å². The maximum absolute atomic E-state index is 6.18. The summed E-state index contributed by atoms with van der Waals surface area (Å²) in [6, 6.07) is 0.614. The lowest BCUT2D eigenvalue weighted by atomic mass is 10.1. The molecule has 4 nitrogen and oxygen atoms in total. The number of hydrogen-bond donors (Lipinski definition) is 0. The normalized spacial score (nSPS) is 37.4. The third-order valence-electron chi connectivity index (χ3n) is 6.05. The minimum atomic E-state index is 0.342. The highest BCUT2D eigenvalue weighted by atomic mass is 16.5. The average molecular weight is 308 g/mol. The van der Waals surface area contributed by atoms with Crippen molar-refractivity contribution in [3.05, 3.63) is 0 Å². The molecule has 2 heterocycles. The van der Waals surface area contributed by atoms with Gasteiger partial charge in [-0.3, -0.25) is 4.90 Å². The highest BCUT2D eigenvalue weighted by molar-refractivity contribution is 4.96. The van der Waals surface area contributed by atoms with E-state index in [1.54, 1.807) is 0 Å². The Labute approximate surface area is 135 Å². The van der Waals surface area contributed by atoms with Crippen LogP contribution in [-0.4, -0.2) is 74.0 Å². The summed E-state index contributed by atoms with van der Waals surface area (Å²) in [5.41, 5.74) is 0. The largest absolute Gasteiger partial charge is 0.375 e. The lowest BCUT2D eigenvalue weighted by Gasteiger charge is -2.40. The first-order chi connectivity index (χ1) is 10.9. The monoisotopic (exact) mass is 308 g/mol. The predicted molar refractivity (Wildman–Crippen MR) is 87.1 cm³/mol. The standard InChI is InChI=1S/C18H32N2O2/c1-2-8-19(9-3-1)10-11-20-12-13-21-18-16(20)6-7-17(18)22-14-15-4-5-15/h15-18H,1-14H2/t16-,17-,18+/m1/s1. The lowest BCUT2D eigenvalue weighted by Crippen LogP contribution is -2.53. The Morgan fingerprint density at radius 2 is 1.77 bits per heavy atom. The first kappa shape index (κ1) is 15.4. The second-order valence-electron chi connectivity index (χ2n) is 7.73. The van der Waals surface area contributed by atoms with Crippen LogP contribution in [-0.2, 0) is 9.47 Å². The summed E-state index contributed by atoms with van der Waals surface area (Å²) in [6.07, 6.45) is 10.1. The lowest BCUT2D eigenvalue weighted by molar-refractivity contribution is -0.115. The smallest absolute Gasteiger partial charge is 0.0991 e. The molecule has 0 spiro atoms. The zero-order chi connectivity index (χ0) is 14.8. The molecule has 126 valence electrons. The van der Waals surface area contributed by atoms with Crippen molar-refractivity contribution in [2.24, 2.45) is 5.92 Å². The van der Waals surface area contributed by atoms with Crippen molar-refractivity contribution in [2.75, 3.05) is 45.9 Å². The van der Waals surface area contributed by atoms with E-state index in [0.29, 0.717) is 18.2 Å². The summed E-state index contributed by atoms with van der Waals surface area (Å²) >= 11 is 0. The summed E-state index contributed by atoms with van der Waals surface area (Å²) in [6.45, 7) is 8.08. The molecule has 0 radical (unpaired) electrons. The molecule has 4 fully saturated rings. The Hall–Kier alpha value is -0.160. The van der Waals surface area contributed by atoms with E-state index < -0.39 is 0 Å².